The molecule has 0 spiro atoms. The number of amidine groups is 1. The number of hydrogen-bond donors (Lipinski definition) is 1. The van der Waals surface area contributed by atoms with Crippen molar-refractivity contribution in [2.45, 2.75) is 66.3 Å². The molecule has 1 atom stereocenters. The molecule has 5 nitrogen and oxygen atoms in total. The van der Waals surface area contributed by atoms with E-state index in [4.69, 9.17) is 4.99 Å². The van der Waals surface area contributed by atoms with E-state index in [0.29, 0.717) is 12.3 Å². The van der Waals surface area contributed by atoms with Gasteiger partial charge >= 0.3 is 0 Å². The van der Waals surface area contributed by atoms with Crippen molar-refractivity contribution in [2.75, 3.05) is 7.05 Å². The van der Waals surface area contributed by atoms with E-state index < -0.39 is 0 Å². The maximum atomic E-state index is 12.2. The number of hydrogen-bond acceptors (Lipinski definition) is 3. The van der Waals surface area contributed by atoms with Crippen molar-refractivity contribution in [2.24, 2.45) is 16.3 Å². The lowest BCUT2D eigenvalue weighted by molar-refractivity contribution is -0.126. The van der Waals surface area contributed by atoms with E-state index in [2.05, 4.69) is 39.1 Å². The highest BCUT2D eigenvalue weighted by Gasteiger charge is 2.34. The summed E-state index contributed by atoms with van der Waals surface area (Å²) in [5.41, 5.74) is 2.06. The van der Waals surface area contributed by atoms with Crippen LogP contribution in [0.3, 0.4) is 0 Å². The highest BCUT2D eigenvalue weighted by atomic mass is 16.2. The van der Waals surface area contributed by atoms with Gasteiger partial charge in [0.2, 0.25) is 11.8 Å². The second-order valence-corrected chi connectivity index (χ2v) is 7.88. The van der Waals surface area contributed by atoms with Crippen molar-refractivity contribution in [3.8, 4) is 0 Å². The molecular formula is C20H31N3O2. The van der Waals surface area contributed by atoms with Crippen LogP contribution in [0.4, 0.5) is 0 Å². The molecule has 2 aliphatic rings. The molecule has 1 aliphatic carbocycles. The summed E-state index contributed by atoms with van der Waals surface area (Å²) in [5, 5.41) is 2.95. The van der Waals surface area contributed by atoms with Gasteiger partial charge in [-0.05, 0) is 26.2 Å². The maximum absolute atomic E-state index is 12.2. The SMILES string of the molecule is CC/C(C)=C\C(C)(C)[C@@H]1CC(N(C)C(C)=O)=CC(NC(=O)C2CC2)=N1. The lowest BCUT2D eigenvalue weighted by Gasteiger charge is -2.35. The Bertz CT molecular complexity index is 639. The van der Waals surface area contributed by atoms with Crippen LogP contribution < -0.4 is 5.32 Å². The Labute approximate surface area is 151 Å². The van der Waals surface area contributed by atoms with Gasteiger partial charge in [0.25, 0.3) is 0 Å². The Hall–Kier alpha value is -1.91. The van der Waals surface area contributed by atoms with Gasteiger partial charge < -0.3 is 10.2 Å². The number of aliphatic imine (C=N–C) groups is 1. The normalized spacial score (nSPS) is 21.4. The largest absolute Gasteiger partial charge is 0.319 e. The predicted molar refractivity (Wildman–Crippen MR) is 101 cm³/mol. The van der Waals surface area contributed by atoms with Gasteiger partial charge in [0.1, 0.15) is 5.84 Å². The fraction of sp³-hybridized carbons (Fsp3) is 0.650. The summed E-state index contributed by atoms with van der Waals surface area (Å²) in [6.07, 6.45) is 7.69. The molecule has 25 heavy (non-hydrogen) atoms. The molecule has 0 aromatic rings. The molecule has 0 unspecified atom stereocenters. The highest BCUT2D eigenvalue weighted by molar-refractivity contribution is 6.06. The third-order valence-corrected chi connectivity index (χ3v) is 5.14. The summed E-state index contributed by atoms with van der Waals surface area (Å²) in [6, 6.07) is -0.0229. The molecule has 2 rings (SSSR count). The van der Waals surface area contributed by atoms with Gasteiger partial charge in [-0.25, -0.2) is 0 Å². The third kappa shape index (κ3) is 5.03. The number of carbonyl (C=O) groups excluding carboxylic acids is 2. The zero-order valence-electron chi connectivity index (χ0n) is 16.3. The molecular weight excluding hydrogens is 314 g/mol. The average molecular weight is 345 g/mol. The van der Waals surface area contributed by atoms with Gasteiger partial charge in [0, 0.05) is 43.5 Å². The number of nitrogens with zero attached hydrogens (tertiary/aromatic N) is 2. The van der Waals surface area contributed by atoms with Crippen molar-refractivity contribution in [3.63, 3.8) is 0 Å². The van der Waals surface area contributed by atoms with Crippen LogP contribution in [0.5, 0.6) is 0 Å². The van der Waals surface area contributed by atoms with Crippen molar-refractivity contribution >= 4 is 17.6 Å². The van der Waals surface area contributed by atoms with Crippen LogP contribution in [-0.4, -0.2) is 35.6 Å². The van der Waals surface area contributed by atoms with E-state index in [0.717, 1.165) is 25.0 Å². The van der Waals surface area contributed by atoms with Crippen molar-refractivity contribution in [3.05, 3.63) is 23.4 Å². The van der Waals surface area contributed by atoms with E-state index in [9.17, 15) is 9.59 Å². The average Bonchev–Trinajstić information content (AvgIpc) is 3.38. The molecule has 1 N–H and O–H groups in total. The Kier molecular flexibility index (Phi) is 5.86. The van der Waals surface area contributed by atoms with Crippen LogP contribution in [0.15, 0.2) is 28.4 Å². The maximum Gasteiger partial charge on any atom is 0.228 e. The number of nitrogens with one attached hydrogen (secondary N) is 1. The Morgan fingerprint density at radius 3 is 2.52 bits per heavy atom. The van der Waals surface area contributed by atoms with Gasteiger partial charge in [-0.15, -0.1) is 0 Å². The zero-order valence-corrected chi connectivity index (χ0v) is 16.3. The first kappa shape index (κ1) is 19.4. The van der Waals surface area contributed by atoms with Crippen molar-refractivity contribution in [1.29, 1.82) is 0 Å². The van der Waals surface area contributed by atoms with Gasteiger partial charge in [-0.2, -0.15) is 0 Å². The summed E-state index contributed by atoms with van der Waals surface area (Å²) in [6.45, 7) is 10.1. The van der Waals surface area contributed by atoms with E-state index in [1.807, 2.05) is 6.08 Å². The number of allylic oxidation sites excluding steroid dienone is 1. The number of dihydropyridines is 1. The molecule has 2 amide bonds. The molecule has 1 aliphatic heterocycles. The van der Waals surface area contributed by atoms with Crippen molar-refractivity contribution < 1.29 is 9.59 Å². The minimum atomic E-state index is -0.160. The first-order chi connectivity index (χ1) is 11.6. The minimum Gasteiger partial charge on any atom is -0.319 e. The van der Waals surface area contributed by atoms with Gasteiger partial charge in [0.15, 0.2) is 0 Å². The molecule has 5 heteroatoms. The van der Waals surface area contributed by atoms with Gasteiger partial charge in [0.05, 0.1) is 6.04 Å². The molecule has 0 saturated heterocycles. The quantitative estimate of drug-likeness (QED) is 0.776. The highest BCUT2D eigenvalue weighted by Crippen LogP contribution is 2.34. The molecule has 0 aromatic carbocycles. The number of amides is 2. The van der Waals surface area contributed by atoms with E-state index in [1.54, 1.807) is 18.9 Å². The molecule has 1 saturated carbocycles. The van der Waals surface area contributed by atoms with Crippen molar-refractivity contribution in [1.82, 2.24) is 10.2 Å². The molecule has 138 valence electrons. The molecule has 0 aromatic heterocycles. The lowest BCUT2D eigenvalue weighted by atomic mass is 9.79. The van der Waals surface area contributed by atoms with Gasteiger partial charge in [-0.1, -0.05) is 32.4 Å². The zero-order chi connectivity index (χ0) is 18.8. The van der Waals surface area contributed by atoms with Crippen LogP contribution in [-0.2, 0) is 9.59 Å². The smallest absolute Gasteiger partial charge is 0.228 e. The molecule has 1 fully saturated rings. The lowest BCUT2D eigenvalue weighted by Crippen LogP contribution is -2.40. The van der Waals surface area contributed by atoms with Gasteiger partial charge in [-0.3, -0.25) is 14.6 Å². The fourth-order valence-electron chi connectivity index (χ4n) is 3.01. The second-order valence-electron chi connectivity index (χ2n) is 7.88. The second kappa shape index (κ2) is 7.54. The number of rotatable bonds is 5. The number of carbonyl (C=O) groups is 2. The molecule has 1 heterocycles. The Morgan fingerprint density at radius 1 is 1.36 bits per heavy atom. The fourth-order valence-corrected chi connectivity index (χ4v) is 3.01. The predicted octanol–water partition coefficient (Wildman–Crippen LogP) is 3.43. The van der Waals surface area contributed by atoms with Crippen LogP contribution in [0.2, 0.25) is 0 Å². The summed E-state index contributed by atoms with van der Waals surface area (Å²) >= 11 is 0. The minimum absolute atomic E-state index is 0.0159. The van der Waals surface area contributed by atoms with Crippen LogP contribution in [0.25, 0.3) is 0 Å². The molecule has 0 radical (unpaired) electrons. The third-order valence-electron chi connectivity index (χ3n) is 5.14. The van der Waals surface area contributed by atoms with Crippen LogP contribution in [0.1, 0.15) is 60.3 Å². The first-order valence-electron chi connectivity index (χ1n) is 9.16. The van der Waals surface area contributed by atoms with Crippen LogP contribution >= 0.6 is 0 Å². The summed E-state index contributed by atoms with van der Waals surface area (Å²) in [4.78, 5) is 30.4. The first-order valence-corrected chi connectivity index (χ1v) is 9.16. The summed E-state index contributed by atoms with van der Waals surface area (Å²) < 4.78 is 0. The topological polar surface area (TPSA) is 61.8 Å². The van der Waals surface area contributed by atoms with E-state index in [-0.39, 0.29) is 29.2 Å². The standard InChI is InChI=1S/C20H31N3O2/c1-7-13(2)12-20(4,5)17-10-16(23(6)14(3)24)11-18(21-17)22-19(25)15-8-9-15/h11-12,15,17H,7-10H2,1-6H3,(H,21,22,25)/b13-12-/t17-/m0/s1. The monoisotopic (exact) mass is 345 g/mol. The van der Waals surface area contributed by atoms with Crippen LogP contribution in [0, 0.1) is 11.3 Å². The Morgan fingerprint density at radius 2 is 2.00 bits per heavy atom. The summed E-state index contributed by atoms with van der Waals surface area (Å²) in [7, 11) is 1.77. The van der Waals surface area contributed by atoms with E-state index >= 15 is 0 Å². The van der Waals surface area contributed by atoms with E-state index in [1.165, 1.54) is 5.57 Å². The Balaban J connectivity index is 2.30. The summed E-state index contributed by atoms with van der Waals surface area (Å²) in [5.74, 6) is 0.726. The molecule has 0 bridgehead atoms.